The fraction of sp³-hybridized carbons (Fsp3) is 0.286. The van der Waals surface area contributed by atoms with Gasteiger partial charge in [-0.15, -0.1) is 11.3 Å². The lowest BCUT2D eigenvalue weighted by atomic mass is 10.2. The molecule has 1 aromatic heterocycles. The van der Waals surface area contributed by atoms with E-state index in [1.54, 1.807) is 12.1 Å². The number of thiophene rings is 1. The number of carbonyl (C=O) groups excluding carboxylic acids is 1. The molecule has 1 amide bonds. The Hall–Kier alpha value is -1.93. The van der Waals surface area contributed by atoms with Gasteiger partial charge in [-0.25, -0.2) is 4.39 Å². The third kappa shape index (κ3) is 2.91. The number of benzene rings is 1. The van der Waals surface area contributed by atoms with Gasteiger partial charge in [0, 0.05) is 11.2 Å². The van der Waals surface area contributed by atoms with Crippen molar-refractivity contribution < 1.29 is 9.18 Å². The van der Waals surface area contributed by atoms with Gasteiger partial charge < -0.3 is 4.90 Å². The Morgan fingerprint density at radius 3 is 2.95 bits per heavy atom. The highest BCUT2D eigenvalue weighted by atomic mass is 32.1. The van der Waals surface area contributed by atoms with Crippen molar-refractivity contribution in [3.05, 3.63) is 35.0 Å². The molecule has 0 aliphatic rings. The molecular weight excluding hydrogens is 263 g/mol. The molecular formula is C14H13FN2OS. The molecule has 0 unspecified atom stereocenters. The van der Waals surface area contributed by atoms with E-state index in [0.717, 1.165) is 16.5 Å². The molecule has 0 saturated heterocycles. The molecule has 0 aliphatic heterocycles. The van der Waals surface area contributed by atoms with Crippen LogP contribution in [0.2, 0.25) is 0 Å². The summed E-state index contributed by atoms with van der Waals surface area (Å²) in [5.74, 6) is -0.471. The summed E-state index contributed by atoms with van der Waals surface area (Å²) in [5.41, 5.74) is 0. The van der Waals surface area contributed by atoms with Crippen molar-refractivity contribution in [3.63, 3.8) is 0 Å². The Kier molecular flexibility index (Phi) is 4.13. The number of amides is 1. The fourth-order valence-corrected chi connectivity index (χ4v) is 2.93. The molecule has 5 heteroatoms. The lowest BCUT2D eigenvalue weighted by molar-refractivity contribution is 0.0781. The smallest absolute Gasteiger partial charge is 0.264 e. The van der Waals surface area contributed by atoms with Crippen molar-refractivity contribution in [1.82, 2.24) is 4.90 Å². The topological polar surface area (TPSA) is 44.1 Å². The van der Waals surface area contributed by atoms with E-state index in [9.17, 15) is 9.18 Å². The maximum atomic E-state index is 13.1. The first-order chi connectivity index (χ1) is 9.15. The third-order valence-corrected chi connectivity index (χ3v) is 3.82. The van der Waals surface area contributed by atoms with E-state index in [1.165, 1.54) is 28.4 Å². The number of halogens is 1. The van der Waals surface area contributed by atoms with Crippen molar-refractivity contribution in [1.29, 1.82) is 5.26 Å². The normalized spacial score (nSPS) is 10.4. The second-order valence-electron chi connectivity index (χ2n) is 4.18. The molecule has 0 bridgehead atoms. The number of rotatable bonds is 4. The molecule has 2 aromatic rings. The molecule has 0 atom stereocenters. The summed E-state index contributed by atoms with van der Waals surface area (Å²) in [5, 5.41) is 9.60. The molecule has 98 valence electrons. The lowest BCUT2D eigenvalue weighted by Crippen LogP contribution is -2.31. The highest BCUT2D eigenvalue weighted by Crippen LogP contribution is 2.27. The summed E-state index contributed by atoms with van der Waals surface area (Å²) >= 11 is 1.26. The predicted molar refractivity (Wildman–Crippen MR) is 73.6 cm³/mol. The Labute approximate surface area is 114 Å². The minimum atomic E-state index is -0.309. The van der Waals surface area contributed by atoms with Gasteiger partial charge in [-0.1, -0.05) is 13.0 Å². The van der Waals surface area contributed by atoms with Crippen LogP contribution in [0.3, 0.4) is 0 Å². The first-order valence-corrected chi connectivity index (χ1v) is 6.82. The Bertz CT molecular complexity index is 644. The van der Waals surface area contributed by atoms with E-state index < -0.39 is 0 Å². The first-order valence-electron chi connectivity index (χ1n) is 6.01. The van der Waals surface area contributed by atoms with Crippen molar-refractivity contribution >= 4 is 27.3 Å². The van der Waals surface area contributed by atoms with E-state index in [1.807, 2.05) is 13.0 Å². The third-order valence-electron chi connectivity index (χ3n) is 2.74. The highest BCUT2D eigenvalue weighted by molar-refractivity contribution is 7.20. The SMILES string of the molecule is CCCN(CC#N)C(=O)c1cc2ccc(F)cc2s1. The fourth-order valence-electron chi connectivity index (χ4n) is 1.87. The Balaban J connectivity index is 2.32. The van der Waals surface area contributed by atoms with Crippen molar-refractivity contribution in [3.8, 4) is 6.07 Å². The van der Waals surface area contributed by atoms with Crippen LogP contribution in [0, 0.1) is 17.1 Å². The quantitative estimate of drug-likeness (QED) is 0.803. The minimum absolute atomic E-state index is 0.0787. The average Bonchev–Trinajstić information content (AvgIpc) is 2.80. The summed E-state index contributed by atoms with van der Waals surface area (Å²) in [4.78, 5) is 14.3. The van der Waals surface area contributed by atoms with E-state index in [-0.39, 0.29) is 18.3 Å². The van der Waals surface area contributed by atoms with E-state index >= 15 is 0 Å². The Morgan fingerprint density at radius 2 is 2.26 bits per heavy atom. The molecule has 0 aliphatic carbocycles. The second kappa shape index (κ2) is 5.81. The molecule has 1 aromatic carbocycles. The summed E-state index contributed by atoms with van der Waals surface area (Å²) in [7, 11) is 0. The van der Waals surface area contributed by atoms with Crippen molar-refractivity contribution in [2.24, 2.45) is 0 Å². The van der Waals surface area contributed by atoms with E-state index in [2.05, 4.69) is 0 Å². The molecule has 3 nitrogen and oxygen atoms in total. The maximum absolute atomic E-state index is 13.1. The van der Waals surface area contributed by atoms with Crippen LogP contribution < -0.4 is 0 Å². The van der Waals surface area contributed by atoms with Crippen molar-refractivity contribution in [2.45, 2.75) is 13.3 Å². The van der Waals surface area contributed by atoms with Gasteiger partial charge in [-0.3, -0.25) is 4.79 Å². The van der Waals surface area contributed by atoms with E-state index in [0.29, 0.717) is 11.4 Å². The van der Waals surface area contributed by atoms with Crippen molar-refractivity contribution in [2.75, 3.05) is 13.1 Å². The van der Waals surface area contributed by atoms with Crippen LogP contribution in [-0.4, -0.2) is 23.9 Å². The molecule has 0 spiro atoms. The molecule has 19 heavy (non-hydrogen) atoms. The van der Waals surface area contributed by atoms with Crippen LogP contribution in [0.5, 0.6) is 0 Å². The lowest BCUT2D eigenvalue weighted by Gasteiger charge is -2.17. The molecule has 0 radical (unpaired) electrons. The van der Waals surface area contributed by atoms with Gasteiger partial charge in [0.15, 0.2) is 0 Å². The minimum Gasteiger partial charge on any atom is -0.325 e. The highest BCUT2D eigenvalue weighted by Gasteiger charge is 2.17. The van der Waals surface area contributed by atoms with Gasteiger partial charge >= 0.3 is 0 Å². The Morgan fingerprint density at radius 1 is 1.47 bits per heavy atom. The van der Waals surface area contributed by atoms with Gasteiger partial charge in [-0.05, 0) is 30.0 Å². The van der Waals surface area contributed by atoms with Crippen LogP contribution in [0.25, 0.3) is 10.1 Å². The summed E-state index contributed by atoms with van der Waals surface area (Å²) in [6.07, 6.45) is 0.799. The zero-order valence-electron chi connectivity index (χ0n) is 10.5. The van der Waals surface area contributed by atoms with Gasteiger partial charge in [0.25, 0.3) is 5.91 Å². The largest absolute Gasteiger partial charge is 0.325 e. The van der Waals surface area contributed by atoms with Crippen LogP contribution in [-0.2, 0) is 0 Å². The standard InChI is InChI=1S/C14H13FN2OS/c1-2-6-17(7-5-16)14(18)13-8-10-3-4-11(15)9-12(10)19-13/h3-4,8-9H,2,6-7H2,1H3. The number of nitriles is 1. The van der Waals surface area contributed by atoms with Crippen LogP contribution in [0.15, 0.2) is 24.3 Å². The number of hydrogen-bond acceptors (Lipinski definition) is 3. The predicted octanol–water partition coefficient (Wildman–Crippen LogP) is 3.42. The van der Waals surface area contributed by atoms with Gasteiger partial charge in [0.1, 0.15) is 12.4 Å². The van der Waals surface area contributed by atoms with Crippen LogP contribution >= 0.6 is 11.3 Å². The van der Waals surface area contributed by atoms with Gasteiger partial charge in [0.2, 0.25) is 0 Å². The molecule has 0 N–H and O–H groups in total. The van der Waals surface area contributed by atoms with E-state index in [4.69, 9.17) is 5.26 Å². The van der Waals surface area contributed by atoms with Gasteiger partial charge in [-0.2, -0.15) is 5.26 Å². The number of carbonyl (C=O) groups is 1. The summed E-state index contributed by atoms with van der Waals surface area (Å²) in [6.45, 7) is 2.59. The zero-order valence-corrected chi connectivity index (χ0v) is 11.3. The number of nitrogens with zero attached hydrogens (tertiary/aromatic N) is 2. The number of fused-ring (bicyclic) bond motifs is 1. The summed E-state index contributed by atoms with van der Waals surface area (Å²) in [6, 6.07) is 8.21. The molecule has 0 saturated carbocycles. The first kappa shape index (κ1) is 13.5. The molecule has 1 heterocycles. The second-order valence-corrected chi connectivity index (χ2v) is 5.26. The summed E-state index contributed by atoms with van der Waals surface area (Å²) < 4.78 is 13.9. The average molecular weight is 276 g/mol. The van der Waals surface area contributed by atoms with Gasteiger partial charge in [0.05, 0.1) is 10.9 Å². The number of hydrogen-bond donors (Lipinski definition) is 0. The zero-order chi connectivity index (χ0) is 13.8. The van der Waals surface area contributed by atoms with Crippen LogP contribution in [0.1, 0.15) is 23.0 Å². The molecule has 2 rings (SSSR count). The monoisotopic (exact) mass is 276 g/mol. The molecule has 0 fully saturated rings. The maximum Gasteiger partial charge on any atom is 0.264 e. The van der Waals surface area contributed by atoms with Crippen LogP contribution in [0.4, 0.5) is 4.39 Å².